The summed E-state index contributed by atoms with van der Waals surface area (Å²) in [5.41, 5.74) is 1.26. The highest BCUT2D eigenvalue weighted by Crippen LogP contribution is 2.36. The third kappa shape index (κ3) is 7.11. The molecule has 0 bridgehead atoms. The normalized spacial score (nSPS) is 33.2. The van der Waals surface area contributed by atoms with Crippen molar-refractivity contribution in [1.29, 1.82) is 0 Å². The monoisotopic (exact) mass is 500 g/mol. The first kappa shape index (κ1) is 27.6. The van der Waals surface area contributed by atoms with Crippen molar-refractivity contribution < 1.29 is 4.79 Å². The Kier molecular flexibility index (Phi) is 10.7. The molecular weight excluding hydrogens is 448 g/mol. The lowest BCUT2D eigenvalue weighted by Crippen LogP contribution is -2.46. The van der Waals surface area contributed by atoms with Gasteiger partial charge in [0.25, 0.3) is 0 Å². The molecule has 5 rings (SSSR count). The van der Waals surface area contributed by atoms with Gasteiger partial charge in [-0.15, -0.1) is 0 Å². The minimum Gasteiger partial charge on any atom is -0.345 e. The van der Waals surface area contributed by atoms with E-state index >= 15 is 0 Å². The van der Waals surface area contributed by atoms with Gasteiger partial charge in [0.1, 0.15) is 5.82 Å². The lowest BCUT2D eigenvalue weighted by atomic mass is 9.81. The van der Waals surface area contributed by atoms with Gasteiger partial charge in [0.05, 0.1) is 12.1 Å². The van der Waals surface area contributed by atoms with Gasteiger partial charge in [-0.3, -0.25) is 4.79 Å². The number of aromatic nitrogens is 2. The van der Waals surface area contributed by atoms with Gasteiger partial charge in [0, 0.05) is 29.9 Å². The third-order valence-electron chi connectivity index (χ3n) is 9.15. The van der Waals surface area contributed by atoms with Crippen LogP contribution in [0.1, 0.15) is 121 Å². The van der Waals surface area contributed by atoms with Crippen molar-refractivity contribution in [3.63, 3.8) is 0 Å². The predicted molar refractivity (Wildman–Crippen MR) is 147 cm³/mol. The molecule has 5 atom stereocenters. The molecule has 4 fully saturated rings. The molecule has 1 aromatic heterocycles. The number of H-pyrrole nitrogens is 1. The quantitative estimate of drug-likeness (QED) is 0.361. The zero-order chi connectivity index (χ0) is 25.3. The first-order valence-electron chi connectivity index (χ1n) is 15.2. The van der Waals surface area contributed by atoms with Gasteiger partial charge in [0.15, 0.2) is 0 Å². The Balaban J connectivity index is 0.00000148. The number of hydrogen-bond acceptors (Lipinski definition) is 5. The summed E-state index contributed by atoms with van der Waals surface area (Å²) >= 11 is 0. The Morgan fingerprint density at radius 2 is 1.83 bits per heavy atom. The van der Waals surface area contributed by atoms with E-state index < -0.39 is 0 Å². The second kappa shape index (κ2) is 13.9. The summed E-state index contributed by atoms with van der Waals surface area (Å²) in [4.78, 5) is 21.9. The van der Waals surface area contributed by atoms with Crippen LogP contribution in [0.4, 0.5) is 0 Å². The van der Waals surface area contributed by atoms with Crippen LogP contribution in [0, 0.1) is 11.8 Å². The zero-order valence-corrected chi connectivity index (χ0v) is 23.1. The standard InChI is InChI=1S/C27H46N6O.C2H6/c1-28-16-18-9-11-19(12-10-18)25-17-30-26(32-25)23(15-21-7-4-5-13-29-21)33-27(34)24-14-20-6-2-3-8-22(20)31-24;1-2/h17-24,28-29,31H,2-16H2,1H3,(H,30,32)(H,33,34);1-2H3/t18?,19?,20?,21?,22?,23-,24?;/m0./s1. The molecule has 1 aromatic rings. The van der Waals surface area contributed by atoms with Crippen molar-refractivity contribution in [3.05, 3.63) is 17.7 Å². The Morgan fingerprint density at radius 3 is 2.56 bits per heavy atom. The van der Waals surface area contributed by atoms with E-state index in [0.717, 1.165) is 37.7 Å². The van der Waals surface area contributed by atoms with Crippen molar-refractivity contribution in [2.24, 2.45) is 11.8 Å². The number of carbonyl (C=O) groups excluding carboxylic acids is 1. The van der Waals surface area contributed by atoms with Crippen molar-refractivity contribution in [2.45, 2.75) is 127 Å². The molecule has 36 heavy (non-hydrogen) atoms. The van der Waals surface area contributed by atoms with E-state index in [9.17, 15) is 4.79 Å². The summed E-state index contributed by atoms with van der Waals surface area (Å²) in [6, 6.07) is 0.883. The first-order valence-corrected chi connectivity index (χ1v) is 15.2. The summed E-state index contributed by atoms with van der Waals surface area (Å²) in [5, 5.41) is 14.1. The Labute approximate surface area is 219 Å². The summed E-state index contributed by atoms with van der Waals surface area (Å²) in [6.45, 7) is 6.21. The van der Waals surface area contributed by atoms with E-state index in [1.54, 1.807) is 0 Å². The topological polar surface area (TPSA) is 93.9 Å². The molecule has 4 aliphatic rings. The van der Waals surface area contributed by atoms with Gasteiger partial charge in [-0.05, 0) is 96.2 Å². The van der Waals surface area contributed by atoms with E-state index in [0.29, 0.717) is 23.9 Å². The first-order chi connectivity index (χ1) is 17.7. The lowest BCUT2D eigenvalue weighted by molar-refractivity contribution is -0.123. The SMILES string of the molecule is CC.CNCC1CCC(c2cnc([C@H](CC3CCCCN3)NC(=O)C3CC4CCCCC4N3)[nH]2)CC1. The highest BCUT2D eigenvalue weighted by atomic mass is 16.2. The average molecular weight is 501 g/mol. The van der Waals surface area contributed by atoms with E-state index in [4.69, 9.17) is 4.98 Å². The molecule has 0 spiro atoms. The summed E-state index contributed by atoms with van der Waals surface area (Å²) < 4.78 is 0. The summed E-state index contributed by atoms with van der Waals surface area (Å²) in [6.07, 6.45) is 17.8. The van der Waals surface area contributed by atoms with Crippen LogP contribution in [0.5, 0.6) is 0 Å². The van der Waals surface area contributed by atoms with Gasteiger partial charge in [-0.1, -0.05) is 33.1 Å². The molecular formula is C29H52N6O. The van der Waals surface area contributed by atoms with E-state index in [1.807, 2.05) is 20.0 Å². The molecule has 1 amide bonds. The number of amides is 1. The fraction of sp³-hybridized carbons (Fsp3) is 0.862. The number of fused-ring (bicyclic) bond motifs is 1. The number of piperidine rings is 1. The number of rotatable bonds is 8. The van der Waals surface area contributed by atoms with Gasteiger partial charge in [-0.25, -0.2) is 4.98 Å². The van der Waals surface area contributed by atoms with Crippen LogP contribution in [-0.4, -0.2) is 54.1 Å². The van der Waals surface area contributed by atoms with Gasteiger partial charge in [-0.2, -0.15) is 0 Å². The number of hydrogen-bond donors (Lipinski definition) is 5. The van der Waals surface area contributed by atoms with Crippen LogP contribution in [0.3, 0.4) is 0 Å². The molecule has 2 saturated heterocycles. The van der Waals surface area contributed by atoms with Crippen LogP contribution < -0.4 is 21.3 Å². The fourth-order valence-electron chi connectivity index (χ4n) is 7.14. The van der Waals surface area contributed by atoms with Gasteiger partial charge in [0.2, 0.25) is 5.91 Å². The van der Waals surface area contributed by atoms with Gasteiger partial charge < -0.3 is 26.3 Å². The third-order valence-corrected chi connectivity index (χ3v) is 9.15. The second-order valence-electron chi connectivity index (χ2n) is 11.5. The number of aromatic amines is 1. The molecule has 5 N–H and O–H groups in total. The molecule has 3 heterocycles. The van der Waals surface area contributed by atoms with Crippen LogP contribution in [0.2, 0.25) is 0 Å². The minimum atomic E-state index is -0.0538. The molecule has 7 nitrogen and oxygen atoms in total. The fourth-order valence-corrected chi connectivity index (χ4v) is 7.14. The van der Waals surface area contributed by atoms with E-state index in [-0.39, 0.29) is 18.0 Å². The zero-order valence-electron chi connectivity index (χ0n) is 23.1. The number of nitrogens with zero attached hydrogens (tertiary/aromatic N) is 1. The highest BCUT2D eigenvalue weighted by molar-refractivity contribution is 5.82. The smallest absolute Gasteiger partial charge is 0.237 e. The van der Waals surface area contributed by atoms with Crippen molar-refractivity contribution in [1.82, 2.24) is 31.2 Å². The number of carbonyl (C=O) groups is 1. The lowest BCUT2D eigenvalue weighted by Gasteiger charge is -2.29. The van der Waals surface area contributed by atoms with Crippen LogP contribution in [-0.2, 0) is 4.79 Å². The molecule has 2 aliphatic heterocycles. The molecule has 204 valence electrons. The van der Waals surface area contributed by atoms with Crippen LogP contribution in [0.25, 0.3) is 0 Å². The van der Waals surface area contributed by atoms with E-state index in [2.05, 4.69) is 33.3 Å². The summed E-state index contributed by atoms with van der Waals surface area (Å²) in [7, 11) is 2.05. The second-order valence-corrected chi connectivity index (χ2v) is 11.5. The Bertz CT molecular complexity index is 768. The Morgan fingerprint density at radius 1 is 1.06 bits per heavy atom. The largest absolute Gasteiger partial charge is 0.345 e. The maximum Gasteiger partial charge on any atom is 0.237 e. The molecule has 2 saturated carbocycles. The summed E-state index contributed by atoms with van der Waals surface area (Å²) in [5.74, 6) is 3.16. The average Bonchev–Trinajstić information content (AvgIpc) is 3.59. The molecule has 4 unspecified atom stereocenters. The number of nitrogens with one attached hydrogen (secondary N) is 5. The minimum absolute atomic E-state index is 0.0493. The van der Waals surface area contributed by atoms with E-state index in [1.165, 1.54) is 76.3 Å². The van der Waals surface area contributed by atoms with Crippen LogP contribution in [0.15, 0.2) is 6.20 Å². The van der Waals surface area contributed by atoms with Crippen molar-refractivity contribution >= 4 is 5.91 Å². The molecule has 7 heteroatoms. The van der Waals surface area contributed by atoms with Gasteiger partial charge >= 0.3 is 0 Å². The molecule has 0 aromatic carbocycles. The van der Waals surface area contributed by atoms with Crippen LogP contribution >= 0.6 is 0 Å². The highest BCUT2D eigenvalue weighted by Gasteiger charge is 2.39. The predicted octanol–water partition coefficient (Wildman–Crippen LogP) is 4.54. The molecule has 2 aliphatic carbocycles. The maximum atomic E-state index is 13.4. The van der Waals surface area contributed by atoms with Crippen molar-refractivity contribution in [3.8, 4) is 0 Å². The van der Waals surface area contributed by atoms with Crippen molar-refractivity contribution in [2.75, 3.05) is 20.1 Å². The Hall–Kier alpha value is -1.44. The maximum absolute atomic E-state index is 13.4. The number of imidazole rings is 1. The molecule has 0 radical (unpaired) electrons.